The predicted molar refractivity (Wildman–Crippen MR) is 123 cm³/mol. The summed E-state index contributed by atoms with van der Waals surface area (Å²) in [7, 11) is 0. The van der Waals surface area contributed by atoms with Crippen LogP contribution < -0.4 is 4.74 Å². The van der Waals surface area contributed by atoms with Gasteiger partial charge in [-0.25, -0.2) is 0 Å². The zero-order valence-corrected chi connectivity index (χ0v) is 18.8. The lowest BCUT2D eigenvalue weighted by molar-refractivity contribution is -0.129. The first-order chi connectivity index (χ1) is 15.2. The normalized spacial score (nSPS) is 14.6. The predicted octanol–water partition coefficient (Wildman–Crippen LogP) is 4.36. The summed E-state index contributed by atoms with van der Waals surface area (Å²) in [5.41, 5.74) is 2.13. The van der Waals surface area contributed by atoms with E-state index in [1.165, 1.54) is 17.3 Å². The third kappa shape index (κ3) is 5.10. The Morgan fingerprint density at radius 1 is 1.06 bits per heavy atom. The Hall–Kier alpha value is -2.80. The van der Waals surface area contributed by atoms with Crippen LogP contribution in [0.25, 0.3) is 5.69 Å². The van der Waals surface area contributed by atoms with E-state index >= 15 is 0 Å². The van der Waals surface area contributed by atoms with E-state index in [0.717, 1.165) is 48.3 Å². The topological polar surface area (TPSA) is 60.2 Å². The fourth-order valence-corrected chi connectivity index (χ4v) is 4.76. The molecule has 1 aromatic heterocycles. The third-order valence-corrected chi connectivity index (χ3v) is 6.39. The molecular formula is C24H28N4O2S. The van der Waals surface area contributed by atoms with E-state index in [4.69, 9.17) is 4.74 Å². The molecule has 2 heterocycles. The zero-order chi connectivity index (χ0) is 21.6. The van der Waals surface area contributed by atoms with Crippen LogP contribution in [-0.2, 0) is 11.2 Å². The molecule has 0 saturated carbocycles. The molecule has 162 valence electrons. The van der Waals surface area contributed by atoms with Gasteiger partial charge >= 0.3 is 0 Å². The van der Waals surface area contributed by atoms with Gasteiger partial charge in [0.15, 0.2) is 5.16 Å². The molecule has 2 aromatic carbocycles. The molecule has 0 radical (unpaired) electrons. The number of nitrogens with zero attached hydrogens (tertiary/aromatic N) is 4. The molecule has 31 heavy (non-hydrogen) atoms. The molecule has 1 unspecified atom stereocenters. The number of amides is 1. The van der Waals surface area contributed by atoms with E-state index in [2.05, 4.69) is 26.9 Å². The summed E-state index contributed by atoms with van der Waals surface area (Å²) in [5, 5.41) is 9.48. The number of carbonyl (C=O) groups is 1. The fraction of sp³-hybridized carbons (Fsp3) is 0.375. The minimum absolute atomic E-state index is 0.174. The highest BCUT2D eigenvalue weighted by Gasteiger charge is 2.26. The van der Waals surface area contributed by atoms with Crippen molar-refractivity contribution >= 4 is 17.7 Å². The van der Waals surface area contributed by atoms with E-state index in [9.17, 15) is 4.79 Å². The number of rotatable bonds is 8. The standard InChI is InChI=1S/C24H28N4O2S/c1-3-30-21-13-11-20(12-14-21)28-22(17-19-9-5-4-6-10-19)25-26-24(28)31-18(2)23(29)27-15-7-8-16-27/h4-6,9-14,18H,3,7-8,15-17H2,1-2H3. The van der Waals surface area contributed by atoms with Crippen molar-refractivity contribution in [3.05, 3.63) is 66.0 Å². The van der Waals surface area contributed by atoms with E-state index in [0.29, 0.717) is 13.0 Å². The van der Waals surface area contributed by atoms with Gasteiger partial charge in [0.25, 0.3) is 0 Å². The molecule has 0 aliphatic carbocycles. The summed E-state index contributed by atoms with van der Waals surface area (Å²) < 4.78 is 7.65. The number of aromatic nitrogens is 3. The van der Waals surface area contributed by atoms with Crippen LogP contribution in [0.2, 0.25) is 0 Å². The molecule has 6 nitrogen and oxygen atoms in total. The molecule has 0 bridgehead atoms. The number of hydrogen-bond acceptors (Lipinski definition) is 5. The SMILES string of the molecule is CCOc1ccc(-n2c(Cc3ccccc3)nnc2SC(C)C(=O)N2CCCC2)cc1. The lowest BCUT2D eigenvalue weighted by atomic mass is 10.1. The average molecular weight is 437 g/mol. The third-order valence-electron chi connectivity index (χ3n) is 5.36. The maximum atomic E-state index is 12.8. The van der Waals surface area contributed by atoms with Gasteiger partial charge in [-0.15, -0.1) is 10.2 Å². The van der Waals surface area contributed by atoms with Gasteiger partial charge in [0.05, 0.1) is 11.9 Å². The van der Waals surface area contributed by atoms with Crippen molar-refractivity contribution in [2.75, 3.05) is 19.7 Å². The van der Waals surface area contributed by atoms with Gasteiger partial charge < -0.3 is 9.64 Å². The molecule has 1 atom stereocenters. The lowest BCUT2D eigenvalue weighted by Gasteiger charge is -2.20. The quantitative estimate of drug-likeness (QED) is 0.491. The molecule has 4 rings (SSSR count). The van der Waals surface area contributed by atoms with Gasteiger partial charge in [0.1, 0.15) is 11.6 Å². The molecule has 1 saturated heterocycles. The van der Waals surface area contributed by atoms with Gasteiger partial charge in [-0.3, -0.25) is 9.36 Å². The highest BCUT2D eigenvalue weighted by Crippen LogP contribution is 2.29. The van der Waals surface area contributed by atoms with Crippen molar-refractivity contribution in [3.63, 3.8) is 0 Å². The largest absolute Gasteiger partial charge is 0.494 e. The fourth-order valence-electron chi connectivity index (χ4n) is 3.79. The number of thioether (sulfide) groups is 1. The second-order valence-corrected chi connectivity index (χ2v) is 8.92. The minimum Gasteiger partial charge on any atom is -0.494 e. The Morgan fingerprint density at radius 2 is 1.77 bits per heavy atom. The summed E-state index contributed by atoms with van der Waals surface area (Å²) in [6, 6.07) is 18.2. The highest BCUT2D eigenvalue weighted by atomic mass is 32.2. The molecule has 0 N–H and O–H groups in total. The van der Waals surface area contributed by atoms with Crippen LogP contribution in [0.3, 0.4) is 0 Å². The smallest absolute Gasteiger partial charge is 0.235 e. The molecule has 1 aliphatic rings. The molecule has 1 aliphatic heterocycles. The Morgan fingerprint density at radius 3 is 2.45 bits per heavy atom. The summed E-state index contributed by atoms with van der Waals surface area (Å²) in [4.78, 5) is 14.8. The number of carbonyl (C=O) groups excluding carboxylic acids is 1. The molecular weight excluding hydrogens is 408 g/mol. The van der Waals surface area contributed by atoms with Crippen molar-refractivity contribution in [1.82, 2.24) is 19.7 Å². The summed E-state index contributed by atoms with van der Waals surface area (Å²) in [5.74, 6) is 1.85. The average Bonchev–Trinajstić information content (AvgIpc) is 3.46. The molecule has 7 heteroatoms. The highest BCUT2D eigenvalue weighted by molar-refractivity contribution is 8.00. The van der Waals surface area contributed by atoms with E-state index in [1.807, 2.05) is 61.2 Å². The number of hydrogen-bond donors (Lipinski definition) is 0. The maximum absolute atomic E-state index is 12.8. The van der Waals surface area contributed by atoms with E-state index < -0.39 is 0 Å². The van der Waals surface area contributed by atoms with Gasteiger partial charge in [-0.1, -0.05) is 42.1 Å². The molecule has 0 spiro atoms. The van der Waals surface area contributed by atoms with Crippen LogP contribution in [0.15, 0.2) is 59.8 Å². The summed E-state index contributed by atoms with van der Waals surface area (Å²) >= 11 is 1.47. The monoisotopic (exact) mass is 436 g/mol. The maximum Gasteiger partial charge on any atom is 0.235 e. The van der Waals surface area contributed by atoms with Crippen molar-refractivity contribution in [2.24, 2.45) is 0 Å². The van der Waals surface area contributed by atoms with Crippen molar-refractivity contribution in [2.45, 2.75) is 43.5 Å². The van der Waals surface area contributed by atoms with Gasteiger partial charge in [-0.2, -0.15) is 0 Å². The van der Waals surface area contributed by atoms with Crippen LogP contribution in [0.1, 0.15) is 38.1 Å². The summed E-state index contributed by atoms with van der Waals surface area (Å²) in [6.07, 6.45) is 2.84. The Balaban J connectivity index is 1.63. The van der Waals surface area contributed by atoms with Crippen molar-refractivity contribution in [1.29, 1.82) is 0 Å². The first kappa shape index (κ1) is 21.4. The Labute approximate surface area is 187 Å². The number of likely N-dealkylation sites (tertiary alicyclic amines) is 1. The zero-order valence-electron chi connectivity index (χ0n) is 18.0. The molecule has 3 aromatic rings. The lowest BCUT2D eigenvalue weighted by Crippen LogP contribution is -2.34. The van der Waals surface area contributed by atoms with E-state index in [-0.39, 0.29) is 11.2 Å². The Bertz CT molecular complexity index is 998. The number of benzene rings is 2. The first-order valence-electron chi connectivity index (χ1n) is 10.8. The molecule has 1 fully saturated rings. The second-order valence-electron chi connectivity index (χ2n) is 7.62. The van der Waals surface area contributed by atoms with Gasteiger partial charge in [0, 0.05) is 25.2 Å². The Kier molecular flexibility index (Phi) is 6.92. The van der Waals surface area contributed by atoms with E-state index in [1.54, 1.807) is 0 Å². The second kappa shape index (κ2) is 10.0. The van der Waals surface area contributed by atoms with Crippen LogP contribution in [-0.4, -0.2) is 50.5 Å². The van der Waals surface area contributed by atoms with Crippen LogP contribution in [0.4, 0.5) is 0 Å². The van der Waals surface area contributed by atoms with Gasteiger partial charge in [0.2, 0.25) is 5.91 Å². The number of ether oxygens (including phenoxy) is 1. The minimum atomic E-state index is -0.215. The van der Waals surface area contributed by atoms with Gasteiger partial charge in [-0.05, 0) is 56.5 Å². The first-order valence-corrected chi connectivity index (χ1v) is 11.7. The molecule has 1 amide bonds. The van der Waals surface area contributed by atoms with Crippen molar-refractivity contribution in [3.8, 4) is 11.4 Å². The summed E-state index contributed by atoms with van der Waals surface area (Å²) in [6.45, 7) is 6.27. The van der Waals surface area contributed by atoms with Crippen LogP contribution >= 0.6 is 11.8 Å². The van der Waals surface area contributed by atoms with Crippen molar-refractivity contribution < 1.29 is 9.53 Å². The van der Waals surface area contributed by atoms with Crippen LogP contribution in [0, 0.1) is 0 Å². The van der Waals surface area contributed by atoms with Crippen LogP contribution in [0.5, 0.6) is 5.75 Å².